The van der Waals surface area contributed by atoms with Crippen LogP contribution in [-0.2, 0) is 16.0 Å². The summed E-state index contributed by atoms with van der Waals surface area (Å²) in [6.45, 7) is 5.46. The Labute approximate surface area is 142 Å². The summed E-state index contributed by atoms with van der Waals surface area (Å²) in [4.78, 5) is 36.8. The summed E-state index contributed by atoms with van der Waals surface area (Å²) in [5, 5.41) is 3.52. The number of carbonyl (C=O) groups is 3. The maximum Gasteiger partial charge on any atom is 0.344 e. The number of urea groups is 1. The van der Waals surface area contributed by atoms with E-state index in [1.165, 1.54) is 0 Å². The Morgan fingerprint density at radius 1 is 1.29 bits per heavy atom. The first-order valence-electron chi connectivity index (χ1n) is 8.38. The standard InChI is InChI=1S/C18H25N3O3/c1-4-8-13(2)15(22)20-21-16(23)18(3,19-17(21)24)12-11-14-9-6-5-7-10-14/h5-7,9-10,13H,4,8,11-12H2,1-3H3,(H,19,24)(H,20,22). The molecular weight excluding hydrogens is 306 g/mol. The van der Waals surface area contributed by atoms with Crippen molar-refractivity contribution in [3.8, 4) is 0 Å². The van der Waals surface area contributed by atoms with Gasteiger partial charge in [0.2, 0.25) is 5.91 Å². The van der Waals surface area contributed by atoms with Crippen LogP contribution in [0.3, 0.4) is 0 Å². The molecule has 0 radical (unpaired) electrons. The average molecular weight is 331 g/mol. The van der Waals surface area contributed by atoms with E-state index >= 15 is 0 Å². The molecule has 2 rings (SSSR count). The number of benzene rings is 1. The van der Waals surface area contributed by atoms with E-state index in [-0.39, 0.29) is 11.8 Å². The normalized spacial score (nSPS) is 21.5. The van der Waals surface area contributed by atoms with Crippen LogP contribution in [-0.4, -0.2) is 28.4 Å². The van der Waals surface area contributed by atoms with Gasteiger partial charge in [-0.3, -0.25) is 15.0 Å². The molecule has 2 N–H and O–H groups in total. The summed E-state index contributed by atoms with van der Waals surface area (Å²) in [7, 11) is 0. The van der Waals surface area contributed by atoms with Gasteiger partial charge in [0, 0.05) is 5.92 Å². The second-order valence-electron chi connectivity index (χ2n) is 6.55. The Bertz CT molecular complexity index is 617. The molecule has 2 atom stereocenters. The zero-order valence-electron chi connectivity index (χ0n) is 14.5. The molecular formula is C18H25N3O3. The third-order valence-corrected chi connectivity index (χ3v) is 4.41. The topological polar surface area (TPSA) is 78.5 Å². The van der Waals surface area contributed by atoms with Crippen LogP contribution in [0, 0.1) is 5.92 Å². The van der Waals surface area contributed by atoms with E-state index in [1.54, 1.807) is 13.8 Å². The minimum atomic E-state index is -1.01. The number of aryl methyl sites for hydroxylation is 1. The maximum absolute atomic E-state index is 12.6. The second kappa shape index (κ2) is 7.47. The summed E-state index contributed by atoms with van der Waals surface area (Å²) < 4.78 is 0. The zero-order valence-corrected chi connectivity index (χ0v) is 14.5. The van der Waals surface area contributed by atoms with Gasteiger partial charge in [-0.2, -0.15) is 5.01 Å². The smallest absolute Gasteiger partial charge is 0.322 e. The molecule has 2 unspecified atom stereocenters. The van der Waals surface area contributed by atoms with E-state index in [1.807, 2.05) is 37.3 Å². The molecule has 1 heterocycles. The Morgan fingerprint density at radius 2 is 1.96 bits per heavy atom. The van der Waals surface area contributed by atoms with Crippen LogP contribution in [0.5, 0.6) is 0 Å². The van der Waals surface area contributed by atoms with E-state index in [2.05, 4.69) is 10.7 Å². The Balaban J connectivity index is 2.00. The zero-order chi connectivity index (χ0) is 17.7. The molecule has 6 nitrogen and oxygen atoms in total. The highest BCUT2D eigenvalue weighted by molar-refractivity contribution is 6.07. The number of amides is 4. The number of hydrogen-bond donors (Lipinski definition) is 2. The predicted octanol–water partition coefficient (Wildman–Crippen LogP) is 2.40. The lowest BCUT2D eigenvalue weighted by molar-refractivity contribution is -0.140. The third-order valence-electron chi connectivity index (χ3n) is 4.41. The van der Waals surface area contributed by atoms with Crippen LogP contribution in [0.2, 0.25) is 0 Å². The molecule has 0 aromatic heterocycles. The van der Waals surface area contributed by atoms with Crippen LogP contribution in [0.1, 0.15) is 45.6 Å². The first-order chi connectivity index (χ1) is 11.4. The number of nitrogens with zero attached hydrogens (tertiary/aromatic N) is 1. The van der Waals surface area contributed by atoms with Gasteiger partial charge in [0.05, 0.1) is 0 Å². The van der Waals surface area contributed by atoms with Crippen molar-refractivity contribution in [2.24, 2.45) is 5.92 Å². The molecule has 1 fully saturated rings. The number of carbonyl (C=O) groups excluding carboxylic acids is 3. The molecule has 4 amide bonds. The summed E-state index contributed by atoms with van der Waals surface area (Å²) in [6, 6.07) is 9.20. The van der Waals surface area contributed by atoms with Crippen LogP contribution in [0.25, 0.3) is 0 Å². The molecule has 130 valence electrons. The summed E-state index contributed by atoms with van der Waals surface area (Å²) >= 11 is 0. The van der Waals surface area contributed by atoms with Crippen molar-refractivity contribution in [2.75, 3.05) is 0 Å². The largest absolute Gasteiger partial charge is 0.344 e. The highest BCUT2D eigenvalue weighted by atomic mass is 16.2. The third kappa shape index (κ3) is 3.93. The Kier molecular flexibility index (Phi) is 5.59. The van der Waals surface area contributed by atoms with E-state index in [9.17, 15) is 14.4 Å². The van der Waals surface area contributed by atoms with Gasteiger partial charge in [-0.25, -0.2) is 4.79 Å². The first-order valence-corrected chi connectivity index (χ1v) is 8.38. The minimum Gasteiger partial charge on any atom is -0.322 e. The SMILES string of the molecule is CCCC(C)C(=O)NN1C(=O)NC(C)(CCc2ccccc2)C1=O. The second-order valence-corrected chi connectivity index (χ2v) is 6.55. The van der Waals surface area contributed by atoms with Gasteiger partial charge in [0.15, 0.2) is 0 Å². The molecule has 1 aromatic rings. The van der Waals surface area contributed by atoms with Gasteiger partial charge in [-0.05, 0) is 31.7 Å². The first kappa shape index (κ1) is 18.0. The van der Waals surface area contributed by atoms with E-state index in [4.69, 9.17) is 0 Å². The molecule has 24 heavy (non-hydrogen) atoms. The summed E-state index contributed by atoms with van der Waals surface area (Å²) in [5.41, 5.74) is 2.54. The molecule has 0 aliphatic carbocycles. The molecule has 1 aliphatic heterocycles. The van der Waals surface area contributed by atoms with Crippen LogP contribution in [0.15, 0.2) is 30.3 Å². The van der Waals surface area contributed by atoms with Gasteiger partial charge in [-0.15, -0.1) is 0 Å². The monoisotopic (exact) mass is 331 g/mol. The number of hydrogen-bond acceptors (Lipinski definition) is 3. The van der Waals surface area contributed by atoms with Crippen molar-refractivity contribution in [3.63, 3.8) is 0 Å². The fraction of sp³-hybridized carbons (Fsp3) is 0.500. The molecule has 6 heteroatoms. The summed E-state index contributed by atoms with van der Waals surface area (Å²) in [6.07, 6.45) is 2.71. The molecule has 1 aliphatic rings. The van der Waals surface area contributed by atoms with Gasteiger partial charge in [0.25, 0.3) is 5.91 Å². The predicted molar refractivity (Wildman–Crippen MR) is 90.8 cm³/mol. The number of imide groups is 1. The van der Waals surface area contributed by atoms with Crippen molar-refractivity contribution in [1.82, 2.24) is 15.8 Å². The lowest BCUT2D eigenvalue weighted by atomic mass is 9.93. The van der Waals surface area contributed by atoms with Crippen LogP contribution >= 0.6 is 0 Å². The Morgan fingerprint density at radius 3 is 2.58 bits per heavy atom. The average Bonchev–Trinajstić information content (AvgIpc) is 2.78. The van der Waals surface area contributed by atoms with E-state index < -0.39 is 17.5 Å². The fourth-order valence-electron chi connectivity index (χ4n) is 2.78. The van der Waals surface area contributed by atoms with Gasteiger partial charge >= 0.3 is 6.03 Å². The van der Waals surface area contributed by atoms with Crippen LogP contribution < -0.4 is 10.7 Å². The van der Waals surface area contributed by atoms with Crippen LogP contribution in [0.4, 0.5) is 4.79 Å². The van der Waals surface area contributed by atoms with E-state index in [0.29, 0.717) is 19.3 Å². The highest BCUT2D eigenvalue weighted by Crippen LogP contribution is 2.22. The van der Waals surface area contributed by atoms with E-state index in [0.717, 1.165) is 17.0 Å². The molecule has 0 bridgehead atoms. The Hall–Kier alpha value is -2.37. The van der Waals surface area contributed by atoms with Crippen molar-refractivity contribution in [3.05, 3.63) is 35.9 Å². The quantitative estimate of drug-likeness (QED) is 0.753. The molecule has 0 spiro atoms. The van der Waals surface area contributed by atoms with Gasteiger partial charge in [0.1, 0.15) is 5.54 Å². The minimum absolute atomic E-state index is 0.244. The van der Waals surface area contributed by atoms with Gasteiger partial charge < -0.3 is 5.32 Å². The number of rotatable bonds is 7. The van der Waals surface area contributed by atoms with Gasteiger partial charge in [-0.1, -0.05) is 50.6 Å². The molecule has 1 aromatic carbocycles. The van der Waals surface area contributed by atoms with Crippen molar-refractivity contribution in [1.29, 1.82) is 0 Å². The number of nitrogens with one attached hydrogen (secondary N) is 2. The molecule has 0 saturated carbocycles. The number of hydrazine groups is 1. The molecule has 1 saturated heterocycles. The van der Waals surface area contributed by atoms with Crippen molar-refractivity contribution in [2.45, 2.75) is 52.0 Å². The highest BCUT2D eigenvalue weighted by Gasteiger charge is 2.48. The lowest BCUT2D eigenvalue weighted by Crippen LogP contribution is -2.50. The van der Waals surface area contributed by atoms with Crippen molar-refractivity contribution < 1.29 is 14.4 Å². The van der Waals surface area contributed by atoms with Crippen molar-refractivity contribution >= 4 is 17.8 Å². The maximum atomic E-state index is 12.6. The fourth-order valence-corrected chi connectivity index (χ4v) is 2.78. The lowest BCUT2D eigenvalue weighted by Gasteiger charge is -2.22. The summed E-state index contributed by atoms with van der Waals surface area (Å²) in [5.74, 6) is -0.972.